The number of nitrogens with zero attached hydrogens (tertiary/aromatic N) is 4. The number of methoxy groups -OCH3 is 2. The number of rotatable bonds is 12. The average Bonchev–Trinajstić information content (AvgIpc) is 4.13. The van der Waals surface area contributed by atoms with Crippen LogP contribution in [-0.4, -0.2) is 87.1 Å². The Morgan fingerprint density at radius 2 is 1.38 bits per heavy atom. The number of fused-ring (bicyclic) bond motifs is 1. The molecule has 2 unspecified atom stereocenters. The predicted molar refractivity (Wildman–Crippen MR) is 230 cm³/mol. The first-order valence-corrected chi connectivity index (χ1v) is 21.9. The fourth-order valence-electron chi connectivity index (χ4n) is 8.30. The Bertz CT molecular complexity index is 2470. The highest BCUT2D eigenvalue weighted by Gasteiger charge is 2.39. The topological polar surface area (TPSA) is 175 Å². The Morgan fingerprint density at radius 1 is 0.767 bits per heavy atom. The van der Waals surface area contributed by atoms with E-state index in [1.807, 2.05) is 66.4 Å². The first-order chi connectivity index (χ1) is 29.1. The normalized spacial score (nSPS) is 17.6. The molecule has 2 aliphatic heterocycles. The lowest BCUT2D eigenvalue weighted by molar-refractivity contribution is -0.135. The third-order valence-electron chi connectivity index (χ3n) is 11.4. The maximum Gasteiger partial charge on any atom is 0.407 e. The van der Waals surface area contributed by atoms with Gasteiger partial charge in [0, 0.05) is 47.0 Å². The highest BCUT2D eigenvalue weighted by molar-refractivity contribution is 7.27. The quantitative estimate of drug-likeness (QED) is 0.0955. The largest absolute Gasteiger partial charge is 0.453 e. The molecule has 2 saturated heterocycles. The molecule has 60 heavy (non-hydrogen) atoms. The van der Waals surface area contributed by atoms with Crippen LogP contribution in [0.15, 0.2) is 77.8 Å². The number of aromatic nitrogens is 4. The smallest absolute Gasteiger partial charge is 0.407 e. The first-order valence-electron chi connectivity index (χ1n) is 20.1. The molecule has 4 amide bonds. The Balaban J connectivity index is 0.936. The molecular weight excluding hydrogens is 801 g/mol. The van der Waals surface area contributed by atoms with E-state index in [4.69, 9.17) is 19.4 Å². The maximum absolute atomic E-state index is 13.9. The van der Waals surface area contributed by atoms with Crippen molar-refractivity contribution in [1.82, 2.24) is 40.4 Å². The number of alkyl carbamates (subject to hydrolysis) is 2. The van der Waals surface area contributed by atoms with Crippen molar-refractivity contribution in [2.24, 2.45) is 5.92 Å². The van der Waals surface area contributed by atoms with Crippen molar-refractivity contribution in [1.29, 1.82) is 0 Å². The Hall–Kier alpha value is -6.00. The van der Waals surface area contributed by atoms with Crippen LogP contribution in [0, 0.1) is 5.92 Å². The highest BCUT2D eigenvalue weighted by atomic mass is 32.1. The van der Waals surface area contributed by atoms with Gasteiger partial charge in [0.2, 0.25) is 5.91 Å². The zero-order chi connectivity index (χ0) is 41.9. The van der Waals surface area contributed by atoms with E-state index in [9.17, 15) is 19.2 Å². The second kappa shape index (κ2) is 17.7. The van der Waals surface area contributed by atoms with E-state index in [1.54, 1.807) is 22.7 Å². The van der Waals surface area contributed by atoms with Crippen molar-refractivity contribution in [2.75, 3.05) is 27.3 Å². The molecule has 2 aromatic carbocycles. The number of carbonyl (C=O) groups is 4. The summed E-state index contributed by atoms with van der Waals surface area (Å²) in [5.74, 6) is 1.03. The summed E-state index contributed by atoms with van der Waals surface area (Å²) in [6.07, 6.45) is 6.31. The summed E-state index contributed by atoms with van der Waals surface area (Å²) in [7, 11) is 2.58. The molecule has 8 rings (SSSR count). The number of hydrogen-bond acceptors (Lipinski definition) is 10. The van der Waals surface area contributed by atoms with Crippen molar-refractivity contribution in [3.63, 3.8) is 0 Å². The molecule has 0 bridgehead atoms. The van der Waals surface area contributed by atoms with Crippen LogP contribution in [0.3, 0.4) is 0 Å². The summed E-state index contributed by atoms with van der Waals surface area (Å²) >= 11 is 3.47. The summed E-state index contributed by atoms with van der Waals surface area (Å²) in [6.45, 7) is 4.97. The number of ether oxygens (including phenoxy) is 2. The lowest BCUT2D eigenvalue weighted by atomic mass is 10.0. The van der Waals surface area contributed by atoms with Gasteiger partial charge < -0.3 is 39.9 Å². The molecule has 4 aromatic heterocycles. The lowest BCUT2D eigenvalue weighted by Crippen LogP contribution is -2.51. The van der Waals surface area contributed by atoms with E-state index < -0.39 is 24.3 Å². The number of likely N-dealkylation sites (tertiary alicyclic amines) is 2. The third kappa shape index (κ3) is 8.26. The fourth-order valence-corrected chi connectivity index (χ4v) is 10.7. The summed E-state index contributed by atoms with van der Waals surface area (Å²) in [6, 6.07) is 15.7. The number of imidazole rings is 2. The molecule has 4 N–H and O–H groups in total. The van der Waals surface area contributed by atoms with Crippen LogP contribution in [0.5, 0.6) is 0 Å². The van der Waals surface area contributed by atoms with Gasteiger partial charge in [-0.2, -0.15) is 0 Å². The molecule has 2 fully saturated rings. The van der Waals surface area contributed by atoms with Crippen LogP contribution >= 0.6 is 22.7 Å². The van der Waals surface area contributed by atoms with E-state index in [1.165, 1.54) is 34.7 Å². The van der Waals surface area contributed by atoms with E-state index in [0.29, 0.717) is 25.1 Å². The van der Waals surface area contributed by atoms with Gasteiger partial charge in [-0.15, -0.1) is 22.7 Å². The lowest BCUT2D eigenvalue weighted by Gasteiger charge is -2.30. The molecule has 4 atom stereocenters. The number of amides is 4. The van der Waals surface area contributed by atoms with Crippen molar-refractivity contribution in [3.8, 4) is 22.4 Å². The summed E-state index contributed by atoms with van der Waals surface area (Å²) in [5.41, 5.74) is 7.04. The summed E-state index contributed by atoms with van der Waals surface area (Å²) in [4.78, 5) is 71.8. The van der Waals surface area contributed by atoms with Crippen molar-refractivity contribution < 1.29 is 28.7 Å². The van der Waals surface area contributed by atoms with Gasteiger partial charge in [-0.25, -0.2) is 19.6 Å². The number of benzene rings is 2. The first kappa shape index (κ1) is 40.8. The van der Waals surface area contributed by atoms with Gasteiger partial charge >= 0.3 is 12.2 Å². The van der Waals surface area contributed by atoms with Gasteiger partial charge in [-0.05, 0) is 59.2 Å². The van der Waals surface area contributed by atoms with Crippen LogP contribution in [0.4, 0.5) is 9.59 Å². The number of nitrogens with one attached hydrogen (secondary N) is 4. The van der Waals surface area contributed by atoms with Gasteiger partial charge in [-0.3, -0.25) is 9.59 Å². The molecular formula is C44H48N8O6S2. The van der Waals surface area contributed by atoms with E-state index in [0.717, 1.165) is 59.8 Å². The van der Waals surface area contributed by atoms with Gasteiger partial charge in [-0.1, -0.05) is 68.4 Å². The minimum absolute atomic E-state index is 0.105. The zero-order valence-electron chi connectivity index (χ0n) is 33.9. The van der Waals surface area contributed by atoms with Crippen molar-refractivity contribution >= 4 is 56.1 Å². The molecule has 6 aromatic rings. The molecule has 14 nitrogen and oxygen atoms in total. The van der Waals surface area contributed by atoms with Crippen molar-refractivity contribution in [3.05, 3.63) is 106 Å². The fraction of sp³-hybridized carbons (Fsp3) is 0.364. The minimum atomic E-state index is -0.871. The number of H-pyrrole nitrogens is 2. The second-order valence-electron chi connectivity index (χ2n) is 15.5. The Labute approximate surface area is 355 Å². The van der Waals surface area contributed by atoms with E-state index >= 15 is 0 Å². The average molecular weight is 849 g/mol. The SMILES string of the molecule is COC(=O)N[C@H](C(=O)N1CCCC1c1ncc(-c2ccc(-c3csc4c(Cc5cnc(C6CCCN6C(=O)[C@H](NC(=O)OC)c6ccccc6)[nH]5)csc34)cc2)[nH]1)C(C)C. The molecule has 2 aliphatic rings. The van der Waals surface area contributed by atoms with Crippen molar-refractivity contribution in [2.45, 2.75) is 70.1 Å². The Morgan fingerprint density at radius 3 is 2.07 bits per heavy atom. The standard InChI is InChI=1S/C44H48N8O6S2/c1-25(2)35(49-43(55)57-3)41(53)51-18-9-13-34(51)40-46-22-32(48-40)27-16-14-26(15-17-27)31-24-60-37-29(23-59-38(31)37)20-30-21-45-39(47-30)33-12-8-19-52(33)42(54)36(50-44(56)58-4)28-10-6-5-7-11-28/h5-7,10-11,14-17,21-25,33-36H,8-9,12-13,18-20H2,1-4H3,(H,45,47)(H,46,48)(H,49,55)(H,50,56)/t33?,34?,35-,36+/m0/s1. The van der Waals surface area contributed by atoms with Gasteiger partial charge in [0.05, 0.1) is 42.9 Å². The second-order valence-corrected chi connectivity index (χ2v) is 17.3. The van der Waals surface area contributed by atoms with Crippen LogP contribution in [0.25, 0.3) is 31.8 Å². The number of aromatic amines is 2. The molecule has 0 saturated carbocycles. The molecule has 0 aliphatic carbocycles. The number of carbonyl (C=O) groups excluding carboxylic acids is 4. The highest BCUT2D eigenvalue weighted by Crippen LogP contribution is 2.42. The number of thiophene rings is 2. The molecule has 6 heterocycles. The van der Waals surface area contributed by atoms with Crippen LogP contribution in [0.1, 0.15) is 86.1 Å². The molecule has 312 valence electrons. The maximum atomic E-state index is 13.9. The van der Waals surface area contributed by atoms with Crippen LogP contribution in [-0.2, 0) is 25.5 Å². The minimum Gasteiger partial charge on any atom is -0.453 e. The summed E-state index contributed by atoms with van der Waals surface area (Å²) < 4.78 is 12.1. The molecule has 0 radical (unpaired) electrons. The zero-order valence-corrected chi connectivity index (χ0v) is 35.5. The molecule has 16 heteroatoms. The number of hydrogen-bond donors (Lipinski definition) is 4. The van der Waals surface area contributed by atoms with Gasteiger partial charge in [0.15, 0.2) is 0 Å². The Kier molecular flexibility index (Phi) is 12.0. The van der Waals surface area contributed by atoms with Crippen LogP contribution < -0.4 is 10.6 Å². The van der Waals surface area contributed by atoms with Crippen LogP contribution in [0.2, 0.25) is 0 Å². The predicted octanol–water partition coefficient (Wildman–Crippen LogP) is 8.14. The van der Waals surface area contributed by atoms with Gasteiger partial charge in [0.25, 0.3) is 5.91 Å². The van der Waals surface area contributed by atoms with E-state index in [2.05, 4.69) is 55.6 Å². The third-order valence-corrected chi connectivity index (χ3v) is 13.7. The molecule has 0 spiro atoms. The monoisotopic (exact) mass is 848 g/mol. The van der Waals surface area contributed by atoms with E-state index in [-0.39, 0.29) is 29.8 Å². The van der Waals surface area contributed by atoms with Gasteiger partial charge in [0.1, 0.15) is 23.7 Å². The summed E-state index contributed by atoms with van der Waals surface area (Å²) in [5, 5.41) is 9.86.